The van der Waals surface area contributed by atoms with Gasteiger partial charge in [0.25, 0.3) is 0 Å². The van der Waals surface area contributed by atoms with Gasteiger partial charge in [-0.1, -0.05) is 23.7 Å². The number of benzene rings is 2. The van der Waals surface area contributed by atoms with E-state index in [4.69, 9.17) is 11.6 Å². The maximum atomic E-state index is 13.1. The summed E-state index contributed by atoms with van der Waals surface area (Å²) in [6, 6.07) is 9.37. The van der Waals surface area contributed by atoms with E-state index in [1.807, 2.05) is 18.2 Å². The lowest BCUT2D eigenvalue weighted by Crippen LogP contribution is -2.31. The number of para-hydroxylation sites is 2. The number of fused-ring (bicyclic) bond motifs is 1. The molecular weight excluding hydrogens is 415 g/mol. The number of hydrogen-bond donors (Lipinski definition) is 1. The lowest BCUT2D eigenvalue weighted by atomic mass is 10.2. The van der Waals surface area contributed by atoms with Crippen molar-refractivity contribution >= 4 is 32.7 Å². The number of halogens is 4. The molecule has 1 unspecified atom stereocenters. The molecule has 0 amide bonds. The van der Waals surface area contributed by atoms with Crippen molar-refractivity contribution < 1.29 is 21.6 Å². The van der Waals surface area contributed by atoms with Crippen LogP contribution in [0, 0.1) is 0 Å². The van der Waals surface area contributed by atoms with Crippen LogP contribution < -0.4 is 0 Å². The summed E-state index contributed by atoms with van der Waals surface area (Å²) < 4.78 is 66.8. The van der Waals surface area contributed by atoms with E-state index in [0.717, 1.165) is 17.6 Å². The average molecular weight is 430 g/mol. The molecule has 0 spiro atoms. The largest absolute Gasteiger partial charge is 0.417 e. The molecule has 0 saturated carbocycles. The number of imidazole rings is 1. The molecule has 28 heavy (non-hydrogen) atoms. The van der Waals surface area contributed by atoms with Crippen molar-refractivity contribution in [2.24, 2.45) is 0 Å². The van der Waals surface area contributed by atoms with Crippen LogP contribution in [-0.4, -0.2) is 29.2 Å². The lowest BCUT2D eigenvalue weighted by Gasteiger charge is -2.23. The lowest BCUT2D eigenvalue weighted by molar-refractivity contribution is -0.137. The van der Waals surface area contributed by atoms with Crippen LogP contribution in [-0.2, 0) is 16.2 Å². The number of hydrogen-bond acceptors (Lipinski definition) is 3. The van der Waals surface area contributed by atoms with Crippen molar-refractivity contribution in [2.45, 2.75) is 30.0 Å². The van der Waals surface area contributed by atoms with E-state index in [-0.39, 0.29) is 6.54 Å². The Hall–Kier alpha value is -2.10. The molecule has 1 fully saturated rings. The first kappa shape index (κ1) is 19.2. The molecule has 2 aromatic carbocycles. The molecule has 148 valence electrons. The Morgan fingerprint density at radius 2 is 1.93 bits per heavy atom. The number of nitrogens with zero attached hydrogens (tertiary/aromatic N) is 2. The molecule has 2 heterocycles. The predicted octanol–water partition coefficient (Wildman–Crippen LogP) is 4.76. The van der Waals surface area contributed by atoms with Crippen LogP contribution in [0.15, 0.2) is 47.4 Å². The zero-order valence-electron chi connectivity index (χ0n) is 14.4. The van der Waals surface area contributed by atoms with Crippen LogP contribution in [0.4, 0.5) is 13.2 Å². The summed E-state index contributed by atoms with van der Waals surface area (Å²) in [5.41, 5.74) is 0.301. The summed E-state index contributed by atoms with van der Waals surface area (Å²) in [7, 11) is -4.16. The molecule has 10 heteroatoms. The summed E-state index contributed by atoms with van der Waals surface area (Å²) in [6.45, 7) is 0.202. The quantitative estimate of drug-likeness (QED) is 0.652. The van der Waals surface area contributed by atoms with Gasteiger partial charge >= 0.3 is 6.18 Å². The maximum Gasteiger partial charge on any atom is 0.417 e. The molecule has 1 N–H and O–H groups in total. The molecule has 1 aliphatic heterocycles. The van der Waals surface area contributed by atoms with E-state index in [0.29, 0.717) is 30.2 Å². The van der Waals surface area contributed by atoms with Gasteiger partial charge in [-0.15, -0.1) is 0 Å². The van der Waals surface area contributed by atoms with Crippen LogP contribution in [0.1, 0.15) is 30.3 Å². The number of aromatic nitrogens is 2. The summed E-state index contributed by atoms with van der Waals surface area (Å²) >= 11 is 5.62. The van der Waals surface area contributed by atoms with Crippen LogP contribution in [0.25, 0.3) is 11.0 Å². The first-order chi connectivity index (χ1) is 13.2. The first-order valence-electron chi connectivity index (χ1n) is 8.51. The standard InChI is InChI=1S/C18H15ClF3N3O2S/c19-13-8-7-11(10-12(13)18(20,21)22)28(26,27)25-9-3-6-16(25)17-23-14-4-1-2-5-15(14)24-17/h1-2,4-5,7-8,10,16H,3,6,9H2,(H,23,24). The van der Waals surface area contributed by atoms with Crippen molar-refractivity contribution in [3.05, 3.63) is 58.9 Å². The third-order valence-corrected chi connectivity index (χ3v) is 7.01. The summed E-state index contributed by atoms with van der Waals surface area (Å²) in [5, 5.41) is -0.540. The molecule has 1 saturated heterocycles. The predicted molar refractivity (Wildman–Crippen MR) is 98.4 cm³/mol. The van der Waals surface area contributed by atoms with Crippen molar-refractivity contribution in [2.75, 3.05) is 6.54 Å². The van der Waals surface area contributed by atoms with E-state index in [1.54, 1.807) is 6.07 Å². The van der Waals surface area contributed by atoms with Crippen molar-refractivity contribution in [3.8, 4) is 0 Å². The number of rotatable bonds is 3. The minimum Gasteiger partial charge on any atom is -0.341 e. The van der Waals surface area contributed by atoms with Gasteiger partial charge in [-0.3, -0.25) is 0 Å². The highest BCUT2D eigenvalue weighted by atomic mass is 35.5. The summed E-state index contributed by atoms with van der Waals surface area (Å²) in [5.74, 6) is 0.479. The molecular formula is C18H15ClF3N3O2S. The van der Waals surface area contributed by atoms with Gasteiger partial charge in [-0.25, -0.2) is 13.4 Å². The van der Waals surface area contributed by atoms with Gasteiger partial charge in [0.2, 0.25) is 10.0 Å². The highest BCUT2D eigenvalue weighted by molar-refractivity contribution is 7.89. The second kappa shape index (κ2) is 6.75. The van der Waals surface area contributed by atoms with Crippen LogP contribution in [0.3, 0.4) is 0 Å². The Kier molecular flexibility index (Phi) is 4.64. The number of H-pyrrole nitrogens is 1. The summed E-state index contributed by atoms with van der Waals surface area (Å²) in [6.07, 6.45) is -3.63. The van der Waals surface area contributed by atoms with Gasteiger partial charge in [-0.2, -0.15) is 17.5 Å². The van der Waals surface area contributed by atoms with Gasteiger partial charge < -0.3 is 4.98 Å². The Morgan fingerprint density at radius 1 is 1.18 bits per heavy atom. The Morgan fingerprint density at radius 3 is 2.64 bits per heavy atom. The topological polar surface area (TPSA) is 66.1 Å². The van der Waals surface area contributed by atoms with E-state index < -0.39 is 37.7 Å². The van der Waals surface area contributed by atoms with Gasteiger partial charge in [0.05, 0.1) is 32.6 Å². The van der Waals surface area contributed by atoms with Gasteiger partial charge in [0, 0.05) is 6.54 Å². The zero-order chi connectivity index (χ0) is 20.1. The second-order valence-electron chi connectivity index (χ2n) is 6.55. The van der Waals surface area contributed by atoms with Crippen LogP contribution >= 0.6 is 11.6 Å². The zero-order valence-corrected chi connectivity index (χ0v) is 15.9. The average Bonchev–Trinajstić information content (AvgIpc) is 3.27. The third kappa shape index (κ3) is 3.27. The van der Waals surface area contributed by atoms with Crippen LogP contribution in [0.2, 0.25) is 5.02 Å². The molecule has 3 aromatic rings. The number of sulfonamides is 1. The van der Waals surface area contributed by atoms with Crippen molar-refractivity contribution in [1.82, 2.24) is 14.3 Å². The molecule has 5 nitrogen and oxygen atoms in total. The Balaban J connectivity index is 1.74. The van der Waals surface area contributed by atoms with Gasteiger partial charge in [0.1, 0.15) is 5.82 Å². The molecule has 1 aromatic heterocycles. The van der Waals surface area contributed by atoms with E-state index >= 15 is 0 Å². The first-order valence-corrected chi connectivity index (χ1v) is 10.3. The fourth-order valence-electron chi connectivity index (χ4n) is 3.45. The molecule has 1 atom stereocenters. The highest BCUT2D eigenvalue weighted by Crippen LogP contribution is 2.39. The molecule has 1 aliphatic rings. The van der Waals surface area contributed by atoms with Crippen molar-refractivity contribution in [3.63, 3.8) is 0 Å². The van der Waals surface area contributed by atoms with Gasteiger partial charge in [-0.05, 0) is 43.2 Å². The van der Waals surface area contributed by atoms with Crippen molar-refractivity contribution in [1.29, 1.82) is 0 Å². The SMILES string of the molecule is O=S(=O)(c1ccc(Cl)c(C(F)(F)F)c1)N1CCCC1c1nc2ccccc2[nH]1. The fraction of sp³-hybridized carbons (Fsp3) is 0.278. The Labute approximate surface area is 164 Å². The molecule has 0 bridgehead atoms. The highest BCUT2D eigenvalue weighted by Gasteiger charge is 2.40. The number of alkyl halides is 3. The third-order valence-electron chi connectivity index (χ3n) is 4.78. The minimum absolute atomic E-state index is 0.202. The molecule has 4 rings (SSSR count). The van der Waals surface area contributed by atoms with E-state index in [1.165, 1.54) is 4.31 Å². The smallest absolute Gasteiger partial charge is 0.341 e. The maximum absolute atomic E-state index is 13.1. The van der Waals surface area contributed by atoms with Gasteiger partial charge in [0.15, 0.2) is 0 Å². The number of nitrogens with one attached hydrogen (secondary N) is 1. The van der Waals surface area contributed by atoms with E-state index in [9.17, 15) is 21.6 Å². The number of aromatic amines is 1. The summed E-state index contributed by atoms with van der Waals surface area (Å²) in [4.78, 5) is 7.14. The Bertz CT molecular complexity index is 1110. The second-order valence-corrected chi connectivity index (χ2v) is 8.85. The molecule has 0 aliphatic carbocycles. The normalized spacial score (nSPS) is 18.8. The minimum atomic E-state index is -4.74. The van der Waals surface area contributed by atoms with Crippen LogP contribution in [0.5, 0.6) is 0 Å². The van der Waals surface area contributed by atoms with E-state index in [2.05, 4.69) is 9.97 Å². The monoisotopic (exact) mass is 429 g/mol. The molecule has 0 radical (unpaired) electrons. The fourth-order valence-corrected chi connectivity index (χ4v) is 5.36.